The van der Waals surface area contributed by atoms with Crippen molar-refractivity contribution < 1.29 is 4.39 Å². The van der Waals surface area contributed by atoms with E-state index in [2.05, 4.69) is 33.4 Å². The number of benzene rings is 2. The Morgan fingerprint density at radius 3 is 2.55 bits per heavy atom. The number of aryl methyl sites for hydroxylation is 1. The van der Waals surface area contributed by atoms with E-state index in [1.807, 2.05) is 37.3 Å². The molecule has 0 saturated heterocycles. The van der Waals surface area contributed by atoms with Gasteiger partial charge in [-0.2, -0.15) is 0 Å². The van der Waals surface area contributed by atoms with Crippen LogP contribution in [0.4, 0.5) is 4.39 Å². The van der Waals surface area contributed by atoms with Crippen molar-refractivity contribution in [3.8, 4) is 0 Å². The maximum Gasteiger partial charge on any atom is 0.129 e. The molecule has 0 fully saturated rings. The number of rotatable bonds is 6. The van der Waals surface area contributed by atoms with Gasteiger partial charge < -0.3 is 5.32 Å². The molecule has 1 N–H and O–H groups in total. The fourth-order valence-corrected chi connectivity index (χ4v) is 2.69. The second-order valence-corrected chi connectivity index (χ2v) is 5.72. The molecule has 2 aromatic carbocycles. The molecular weight excluding hydrogens is 317 g/mol. The SMILES string of the molecule is CCNC(CCc1ccccc1)c1ccc(Br)cc1F. The minimum absolute atomic E-state index is 0.0494. The lowest BCUT2D eigenvalue weighted by atomic mass is 9.98. The van der Waals surface area contributed by atoms with Crippen LogP contribution in [0.1, 0.15) is 30.5 Å². The van der Waals surface area contributed by atoms with Crippen LogP contribution in [0.5, 0.6) is 0 Å². The van der Waals surface area contributed by atoms with E-state index in [0.29, 0.717) is 0 Å². The van der Waals surface area contributed by atoms with Gasteiger partial charge in [0.25, 0.3) is 0 Å². The minimum Gasteiger partial charge on any atom is -0.310 e. The Kier molecular flexibility index (Phi) is 5.74. The van der Waals surface area contributed by atoms with Crippen molar-refractivity contribution >= 4 is 15.9 Å². The van der Waals surface area contributed by atoms with Crippen molar-refractivity contribution in [3.05, 3.63) is 69.9 Å². The van der Waals surface area contributed by atoms with Gasteiger partial charge in [0, 0.05) is 16.1 Å². The van der Waals surface area contributed by atoms with Crippen molar-refractivity contribution in [2.75, 3.05) is 6.54 Å². The summed E-state index contributed by atoms with van der Waals surface area (Å²) in [5, 5.41) is 3.37. The highest BCUT2D eigenvalue weighted by Gasteiger charge is 2.15. The first kappa shape index (κ1) is 15.2. The van der Waals surface area contributed by atoms with Crippen molar-refractivity contribution in [3.63, 3.8) is 0 Å². The molecule has 1 nitrogen and oxygen atoms in total. The third kappa shape index (κ3) is 4.15. The minimum atomic E-state index is -0.154. The molecule has 0 aromatic heterocycles. The summed E-state index contributed by atoms with van der Waals surface area (Å²) in [7, 11) is 0. The predicted octanol–water partition coefficient (Wildman–Crippen LogP) is 4.87. The lowest BCUT2D eigenvalue weighted by molar-refractivity contribution is 0.485. The van der Waals surface area contributed by atoms with Crippen LogP contribution in [-0.4, -0.2) is 6.54 Å². The van der Waals surface area contributed by atoms with E-state index >= 15 is 0 Å². The molecule has 0 radical (unpaired) electrons. The van der Waals surface area contributed by atoms with Crippen molar-refractivity contribution in [1.29, 1.82) is 0 Å². The second kappa shape index (κ2) is 7.55. The quantitative estimate of drug-likeness (QED) is 0.793. The van der Waals surface area contributed by atoms with Crippen LogP contribution in [0, 0.1) is 5.82 Å². The van der Waals surface area contributed by atoms with Gasteiger partial charge in [0.05, 0.1) is 0 Å². The smallest absolute Gasteiger partial charge is 0.129 e. The van der Waals surface area contributed by atoms with Gasteiger partial charge in [0.2, 0.25) is 0 Å². The van der Waals surface area contributed by atoms with Gasteiger partial charge in [-0.25, -0.2) is 4.39 Å². The van der Waals surface area contributed by atoms with Gasteiger partial charge in [-0.3, -0.25) is 0 Å². The van der Waals surface area contributed by atoms with Gasteiger partial charge >= 0.3 is 0 Å². The average molecular weight is 336 g/mol. The fraction of sp³-hybridized carbons (Fsp3) is 0.294. The largest absolute Gasteiger partial charge is 0.310 e. The average Bonchev–Trinajstić information content (AvgIpc) is 2.45. The molecule has 1 unspecified atom stereocenters. The summed E-state index contributed by atoms with van der Waals surface area (Å²) in [6, 6.07) is 15.6. The Balaban J connectivity index is 2.10. The Labute approximate surface area is 128 Å². The van der Waals surface area contributed by atoms with Crippen LogP contribution in [-0.2, 0) is 6.42 Å². The van der Waals surface area contributed by atoms with E-state index < -0.39 is 0 Å². The van der Waals surface area contributed by atoms with Crippen molar-refractivity contribution in [2.24, 2.45) is 0 Å². The summed E-state index contributed by atoms with van der Waals surface area (Å²) < 4.78 is 14.9. The molecule has 1 atom stereocenters. The number of hydrogen-bond acceptors (Lipinski definition) is 1. The lowest BCUT2D eigenvalue weighted by Crippen LogP contribution is -2.22. The Hall–Kier alpha value is -1.19. The molecule has 3 heteroatoms. The molecule has 0 aliphatic heterocycles. The van der Waals surface area contributed by atoms with Gasteiger partial charge in [0.15, 0.2) is 0 Å². The van der Waals surface area contributed by atoms with E-state index in [0.717, 1.165) is 29.4 Å². The van der Waals surface area contributed by atoms with Gasteiger partial charge in [-0.05, 0) is 37.1 Å². The number of hydrogen-bond donors (Lipinski definition) is 1. The van der Waals surface area contributed by atoms with Crippen LogP contribution in [0.2, 0.25) is 0 Å². The van der Waals surface area contributed by atoms with Crippen LogP contribution < -0.4 is 5.32 Å². The van der Waals surface area contributed by atoms with E-state index in [1.165, 1.54) is 11.6 Å². The summed E-state index contributed by atoms with van der Waals surface area (Å²) in [4.78, 5) is 0. The predicted molar refractivity (Wildman–Crippen MR) is 85.3 cm³/mol. The zero-order valence-electron chi connectivity index (χ0n) is 11.6. The van der Waals surface area contributed by atoms with Gasteiger partial charge in [-0.1, -0.05) is 59.3 Å². The summed E-state index contributed by atoms with van der Waals surface area (Å²) >= 11 is 3.30. The molecule has 0 aliphatic rings. The summed E-state index contributed by atoms with van der Waals surface area (Å²) in [5.74, 6) is -0.154. The van der Waals surface area contributed by atoms with Gasteiger partial charge in [0.1, 0.15) is 5.82 Å². The first-order valence-electron chi connectivity index (χ1n) is 6.93. The molecule has 0 spiro atoms. The third-order valence-corrected chi connectivity index (χ3v) is 3.85. The topological polar surface area (TPSA) is 12.0 Å². The fourth-order valence-electron chi connectivity index (χ4n) is 2.35. The summed E-state index contributed by atoms with van der Waals surface area (Å²) in [6.07, 6.45) is 1.82. The first-order chi connectivity index (χ1) is 9.70. The molecule has 0 amide bonds. The molecular formula is C17H19BrFN. The summed E-state index contributed by atoms with van der Waals surface area (Å²) in [5.41, 5.74) is 2.03. The second-order valence-electron chi connectivity index (χ2n) is 4.80. The van der Waals surface area contributed by atoms with E-state index in [9.17, 15) is 4.39 Å². The zero-order chi connectivity index (χ0) is 14.4. The van der Waals surface area contributed by atoms with E-state index in [1.54, 1.807) is 0 Å². The van der Waals surface area contributed by atoms with Crippen LogP contribution >= 0.6 is 15.9 Å². The highest BCUT2D eigenvalue weighted by atomic mass is 79.9. The van der Waals surface area contributed by atoms with E-state index in [-0.39, 0.29) is 11.9 Å². The molecule has 0 heterocycles. The normalized spacial score (nSPS) is 12.3. The molecule has 106 valence electrons. The van der Waals surface area contributed by atoms with Crippen LogP contribution in [0.3, 0.4) is 0 Å². The molecule has 2 rings (SSSR count). The standard InChI is InChI=1S/C17H19BrFN/c1-2-20-17(11-8-13-6-4-3-5-7-13)15-10-9-14(18)12-16(15)19/h3-7,9-10,12,17,20H,2,8,11H2,1H3. The molecule has 0 saturated carbocycles. The Morgan fingerprint density at radius 1 is 1.15 bits per heavy atom. The third-order valence-electron chi connectivity index (χ3n) is 3.35. The Morgan fingerprint density at radius 2 is 1.90 bits per heavy atom. The van der Waals surface area contributed by atoms with Crippen LogP contribution in [0.15, 0.2) is 53.0 Å². The maximum absolute atomic E-state index is 14.1. The highest BCUT2D eigenvalue weighted by Crippen LogP contribution is 2.24. The monoisotopic (exact) mass is 335 g/mol. The van der Waals surface area contributed by atoms with Crippen LogP contribution in [0.25, 0.3) is 0 Å². The molecule has 0 aliphatic carbocycles. The van der Waals surface area contributed by atoms with Gasteiger partial charge in [-0.15, -0.1) is 0 Å². The molecule has 20 heavy (non-hydrogen) atoms. The molecule has 2 aromatic rings. The molecule has 0 bridgehead atoms. The highest BCUT2D eigenvalue weighted by molar-refractivity contribution is 9.10. The number of halogens is 2. The first-order valence-corrected chi connectivity index (χ1v) is 7.72. The van der Waals surface area contributed by atoms with E-state index in [4.69, 9.17) is 0 Å². The zero-order valence-corrected chi connectivity index (χ0v) is 13.2. The number of nitrogens with one attached hydrogen (secondary N) is 1. The maximum atomic E-state index is 14.1. The Bertz CT molecular complexity index is 542. The van der Waals surface area contributed by atoms with Crippen molar-refractivity contribution in [1.82, 2.24) is 5.32 Å². The summed E-state index contributed by atoms with van der Waals surface area (Å²) in [6.45, 7) is 2.88. The lowest BCUT2D eigenvalue weighted by Gasteiger charge is -2.19. The van der Waals surface area contributed by atoms with Crippen molar-refractivity contribution in [2.45, 2.75) is 25.8 Å².